The number of carbonyl (C=O) groups is 1. The molecule has 0 amide bonds. The molecule has 150 valence electrons. The molecule has 0 aliphatic heterocycles. The summed E-state index contributed by atoms with van der Waals surface area (Å²) in [4.78, 5) is 38.3. The summed E-state index contributed by atoms with van der Waals surface area (Å²) in [7, 11) is 0. The predicted octanol–water partition coefficient (Wildman–Crippen LogP) is 1.27. The summed E-state index contributed by atoms with van der Waals surface area (Å²) < 4.78 is 2.86. The third kappa shape index (κ3) is 4.24. The van der Waals surface area contributed by atoms with Crippen LogP contribution in [0.25, 0.3) is 0 Å². The van der Waals surface area contributed by atoms with Gasteiger partial charge in [0.05, 0.1) is 12.3 Å². The lowest BCUT2D eigenvalue weighted by Gasteiger charge is -2.15. The third-order valence-corrected chi connectivity index (χ3v) is 5.40. The lowest BCUT2D eigenvalue weighted by molar-refractivity contribution is -0.645. The summed E-state index contributed by atoms with van der Waals surface area (Å²) in [5, 5.41) is 12.1. The van der Waals surface area contributed by atoms with E-state index in [1.807, 2.05) is 30.3 Å². The second-order valence-electron chi connectivity index (χ2n) is 6.24. The first-order valence-electron chi connectivity index (χ1n) is 8.95. The van der Waals surface area contributed by atoms with E-state index >= 15 is 0 Å². The van der Waals surface area contributed by atoms with Gasteiger partial charge in [0, 0.05) is 18.7 Å². The number of rotatable bonds is 7. The van der Waals surface area contributed by atoms with Crippen LogP contribution >= 0.6 is 11.8 Å². The van der Waals surface area contributed by atoms with Crippen molar-refractivity contribution < 1.29 is 9.52 Å². The molecule has 0 aliphatic carbocycles. The average molecular weight is 412 g/mol. The van der Waals surface area contributed by atoms with Crippen molar-refractivity contribution in [3.63, 3.8) is 0 Å². The van der Waals surface area contributed by atoms with E-state index in [1.165, 1.54) is 10.8 Å². The minimum absolute atomic E-state index is 0.111. The second-order valence-corrected chi connectivity index (χ2v) is 7.24. The number of pyridine rings is 1. The Morgan fingerprint density at radius 1 is 1.10 bits per heavy atom. The number of benzene rings is 1. The van der Waals surface area contributed by atoms with Gasteiger partial charge in [-0.25, -0.2) is 4.79 Å². The molecule has 2 N–H and O–H groups in total. The van der Waals surface area contributed by atoms with E-state index in [0.717, 1.165) is 21.9 Å². The number of hydrogen-bond acceptors (Lipinski definition) is 6. The summed E-state index contributed by atoms with van der Waals surface area (Å²) in [6.45, 7) is 1.90. The molecule has 0 aliphatic rings. The maximum absolute atomic E-state index is 12.8. The van der Waals surface area contributed by atoms with Crippen molar-refractivity contribution >= 4 is 23.4 Å². The zero-order valence-electron chi connectivity index (χ0n) is 15.8. The van der Waals surface area contributed by atoms with Gasteiger partial charge in [-0.1, -0.05) is 30.3 Å². The fourth-order valence-corrected chi connectivity index (χ4v) is 3.70. The van der Waals surface area contributed by atoms with Crippen molar-refractivity contribution in [2.45, 2.75) is 25.0 Å². The van der Waals surface area contributed by atoms with Gasteiger partial charge >= 0.3 is 5.69 Å². The molecule has 3 rings (SSSR count). The molecule has 1 aromatic carbocycles. The highest BCUT2D eigenvalue weighted by atomic mass is 32.2. The van der Waals surface area contributed by atoms with Crippen LogP contribution in [0.3, 0.4) is 0 Å². The normalized spacial score (nSPS) is 10.8. The number of nitrogens with two attached hydrogens (primary N) is 1. The zero-order chi connectivity index (χ0) is 21.0. The molecule has 0 spiro atoms. The van der Waals surface area contributed by atoms with Crippen LogP contribution in [0, 0.1) is 5.21 Å². The van der Waals surface area contributed by atoms with E-state index in [-0.39, 0.29) is 30.2 Å². The van der Waals surface area contributed by atoms with Gasteiger partial charge in [-0.2, -0.15) is 4.73 Å². The number of anilines is 1. The van der Waals surface area contributed by atoms with Gasteiger partial charge in [-0.3, -0.25) is 18.7 Å². The van der Waals surface area contributed by atoms with Crippen LogP contribution in [0.4, 0.5) is 5.82 Å². The van der Waals surface area contributed by atoms with E-state index in [2.05, 4.69) is 0 Å². The van der Waals surface area contributed by atoms with Gasteiger partial charge in [0.1, 0.15) is 11.4 Å². The lowest BCUT2D eigenvalue weighted by atomic mass is 10.2. The van der Waals surface area contributed by atoms with Crippen LogP contribution in [0.1, 0.15) is 22.8 Å². The van der Waals surface area contributed by atoms with Crippen LogP contribution in [0.2, 0.25) is 0 Å². The molecule has 9 heteroatoms. The van der Waals surface area contributed by atoms with Crippen LogP contribution < -0.4 is 21.7 Å². The minimum Gasteiger partial charge on any atom is -0.618 e. The number of ketones is 1. The van der Waals surface area contributed by atoms with Crippen LogP contribution in [-0.2, 0) is 13.1 Å². The molecule has 0 saturated carbocycles. The molecule has 0 atom stereocenters. The van der Waals surface area contributed by atoms with Gasteiger partial charge < -0.3 is 10.9 Å². The first-order chi connectivity index (χ1) is 13.9. The molecule has 0 radical (unpaired) electrons. The van der Waals surface area contributed by atoms with Crippen LogP contribution in [0.15, 0.2) is 69.3 Å². The SMILES string of the molecule is CCn1c(=O)c(C(=O)CSc2cccc[n+]2[O-])c(N)n(Cc2ccccc2)c1=O. The van der Waals surface area contributed by atoms with Crippen molar-refractivity contribution in [2.75, 3.05) is 11.5 Å². The lowest BCUT2D eigenvalue weighted by Crippen LogP contribution is -2.44. The summed E-state index contributed by atoms with van der Waals surface area (Å²) in [6, 6.07) is 14.0. The summed E-state index contributed by atoms with van der Waals surface area (Å²) in [6.07, 6.45) is 1.32. The van der Waals surface area contributed by atoms with Gasteiger partial charge in [0.2, 0.25) is 0 Å². The van der Waals surface area contributed by atoms with Crippen molar-refractivity contribution in [1.29, 1.82) is 0 Å². The fourth-order valence-electron chi connectivity index (χ4n) is 2.91. The van der Waals surface area contributed by atoms with Crippen molar-refractivity contribution in [2.24, 2.45) is 0 Å². The molecule has 29 heavy (non-hydrogen) atoms. The van der Waals surface area contributed by atoms with Gasteiger partial charge in [-0.05, 0) is 30.3 Å². The fraction of sp³-hybridized carbons (Fsp3) is 0.200. The zero-order valence-corrected chi connectivity index (χ0v) is 16.6. The Morgan fingerprint density at radius 2 is 1.79 bits per heavy atom. The Balaban J connectivity index is 2.00. The Labute approximate surface area is 170 Å². The number of aromatic nitrogens is 3. The Hall–Kier alpha value is -3.33. The van der Waals surface area contributed by atoms with Crippen molar-refractivity contribution in [3.8, 4) is 0 Å². The molecule has 0 fully saturated rings. The van der Waals surface area contributed by atoms with Gasteiger partial charge in [-0.15, -0.1) is 0 Å². The number of carbonyl (C=O) groups excluding carboxylic acids is 1. The average Bonchev–Trinajstić information content (AvgIpc) is 2.72. The molecular weight excluding hydrogens is 392 g/mol. The molecule has 2 aromatic heterocycles. The maximum atomic E-state index is 12.8. The summed E-state index contributed by atoms with van der Waals surface area (Å²) in [5.74, 6) is -0.855. The first-order valence-corrected chi connectivity index (χ1v) is 9.93. The van der Waals surface area contributed by atoms with E-state index in [0.29, 0.717) is 9.76 Å². The highest BCUT2D eigenvalue weighted by Crippen LogP contribution is 2.16. The number of hydrogen-bond donors (Lipinski definition) is 1. The van der Waals surface area contributed by atoms with Crippen molar-refractivity contribution in [3.05, 3.63) is 91.9 Å². The van der Waals surface area contributed by atoms with E-state index in [4.69, 9.17) is 5.73 Å². The molecule has 0 saturated heterocycles. The third-order valence-electron chi connectivity index (χ3n) is 4.39. The number of thioether (sulfide) groups is 1. The standard InChI is InChI=1S/C20H20N4O4S/c1-2-22-19(26)17(15(25)13-29-16-10-6-7-11-24(16)28)18(21)23(20(22)27)12-14-8-4-3-5-9-14/h3-11H,2,12-13,21H2,1H3. The monoisotopic (exact) mass is 412 g/mol. The molecular formula is C20H20N4O4S. The quantitative estimate of drug-likeness (QED) is 0.271. The van der Waals surface area contributed by atoms with E-state index < -0.39 is 17.0 Å². The molecule has 2 heterocycles. The molecule has 0 unspecified atom stereocenters. The first kappa shape index (κ1) is 20.4. The Kier molecular flexibility index (Phi) is 6.18. The number of nitrogen functional groups attached to an aromatic ring is 1. The second kappa shape index (κ2) is 8.78. The highest BCUT2D eigenvalue weighted by molar-refractivity contribution is 7.99. The van der Waals surface area contributed by atoms with Crippen molar-refractivity contribution in [1.82, 2.24) is 9.13 Å². The predicted molar refractivity (Wildman–Crippen MR) is 111 cm³/mol. The summed E-state index contributed by atoms with van der Waals surface area (Å²) >= 11 is 1.00. The van der Waals surface area contributed by atoms with E-state index in [1.54, 1.807) is 25.1 Å². The maximum Gasteiger partial charge on any atom is 0.332 e. The molecule has 3 aromatic rings. The molecule has 8 nitrogen and oxygen atoms in total. The topological polar surface area (TPSA) is 114 Å². The van der Waals surface area contributed by atoms with Crippen LogP contribution in [-0.4, -0.2) is 20.7 Å². The molecule has 0 bridgehead atoms. The van der Waals surface area contributed by atoms with Gasteiger partial charge in [0.25, 0.3) is 10.6 Å². The smallest absolute Gasteiger partial charge is 0.332 e. The Bertz CT molecular complexity index is 1160. The number of Topliss-reactive ketones (excluding diaryl/α,β-unsaturated/α-hetero) is 1. The highest BCUT2D eigenvalue weighted by Gasteiger charge is 2.23. The largest absolute Gasteiger partial charge is 0.618 e. The Morgan fingerprint density at radius 3 is 2.45 bits per heavy atom. The van der Waals surface area contributed by atoms with Crippen LogP contribution in [0.5, 0.6) is 0 Å². The van der Waals surface area contributed by atoms with Gasteiger partial charge in [0.15, 0.2) is 12.0 Å². The minimum atomic E-state index is -0.715. The summed E-state index contributed by atoms with van der Waals surface area (Å²) in [5.41, 5.74) is 5.41. The van der Waals surface area contributed by atoms with E-state index in [9.17, 15) is 19.6 Å². The number of nitrogens with zero attached hydrogens (tertiary/aromatic N) is 3.